The minimum Gasteiger partial charge on any atom is -0.508 e. The smallest absolute Gasteiger partial charge is 0.388 e. The molecule has 0 spiro atoms. The van der Waals surface area contributed by atoms with E-state index in [4.69, 9.17) is 15.9 Å². The van der Waals surface area contributed by atoms with Gasteiger partial charge in [-0.3, -0.25) is 0 Å². The van der Waals surface area contributed by atoms with E-state index in [9.17, 15) is 27.1 Å². The molecule has 0 amide bonds. The molecule has 2 unspecified atom stereocenters. The van der Waals surface area contributed by atoms with Gasteiger partial charge in [0.2, 0.25) is 5.88 Å². The number of phenolic OH excluding ortho intramolecular Hbond substituents is 1. The van der Waals surface area contributed by atoms with E-state index in [1.165, 1.54) is 12.1 Å². The summed E-state index contributed by atoms with van der Waals surface area (Å²) in [5, 5.41) is 14.2. The summed E-state index contributed by atoms with van der Waals surface area (Å²) >= 11 is 0. The number of rotatable bonds is 9. The van der Waals surface area contributed by atoms with Crippen LogP contribution < -0.4 is 19.7 Å². The van der Waals surface area contributed by atoms with E-state index in [0.29, 0.717) is 45.6 Å². The molecule has 4 fully saturated rings. The Labute approximate surface area is 294 Å². The molecule has 2 aromatic carbocycles. The maximum atomic E-state index is 17.1. The van der Waals surface area contributed by atoms with Crippen molar-refractivity contribution in [3.63, 3.8) is 0 Å². The molecule has 4 aromatic rings. The minimum atomic E-state index is -3.37. The molecule has 2 bridgehead atoms. The fraction of sp³-hybridized carbons (Fsp3) is 0.432. The maximum Gasteiger partial charge on any atom is 0.388 e. The summed E-state index contributed by atoms with van der Waals surface area (Å²) in [4.78, 5) is 17.3. The van der Waals surface area contributed by atoms with Crippen molar-refractivity contribution in [2.24, 2.45) is 5.41 Å². The highest BCUT2D eigenvalue weighted by Gasteiger charge is 2.45. The van der Waals surface area contributed by atoms with Gasteiger partial charge in [0.1, 0.15) is 34.0 Å². The number of aromatic hydroxyl groups is 1. The number of anilines is 1. The zero-order chi connectivity index (χ0) is 36.3. The van der Waals surface area contributed by atoms with Crippen LogP contribution in [-0.4, -0.2) is 83.0 Å². The summed E-state index contributed by atoms with van der Waals surface area (Å²) in [5.74, 6) is -0.474. The van der Waals surface area contributed by atoms with Crippen LogP contribution in [0.5, 0.6) is 17.6 Å². The van der Waals surface area contributed by atoms with Crippen LogP contribution in [0.15, 0.2) is 35.9 Å². The molecule has 5 heterocycles. The fourth-order valence-corrected chi connectivity index (χ4v) is 7.85. The standard InChI is InChI=1S/C37H34F6N6O3/c1-2-24-26(38)6-3-20-13-23(50)14-25(27(20)24)30-29(39)31-28(34(45-30)52-35(42)43)33(49-15-21-4-5-22(16-49)44-21)47-36(46-31)51-18-37(9-10-37)17-48-11-7-19(8-12-48)32(40)41/h1,3,6,13-14,21-22,35,44,50H,4-5,7-12,15-18H2. The number of pyridine rings is 1. The molecule has 4 aliphatic rings. The summed E-state index contributed by atoms with van der Waals surface area (Å²) in [6, 6.07) is 4.86. The average Bonchev–Trinajstić information content (AvgIpc) is 3.81. The van der Waals surface area contributed by atoms with Gasteiger partial charge in [0.15, 0.2) is 5.82 Å². The second-order valence-electron chi connectivity index (χ2n) is 14.1. The van der Waals surface area contributed by atoms with E-state index in [1.807, 2.05) is 4.90 Å². The van der Waals surface area contributed by atoms with Crippen molar-refractivity contribution >= 4 is 27.5 Å². The predicted octanol–water partition coefficient (Wildman–Crippen LogP) is 6.76. The first-order valence-electron chi connectivity index (χ1n) is 17.2. The number of fused-ring (bicyclic) bond motifs is 4. The van der Waals surface area contributed by atoms with E-state index < -0.39 is 41.4 Å². The lowest BCUT2D eigenvalue weighted by molar-refractivity contribution is -0.0516. The third-order valence-corrected chi connectivity index (χ3v) is 10.6. The van der Waals surface area contributed by atoms with Crippen LogP contribution in [0.25, 0.3) is 32.9 Å². The molecule has 2 N–H and O–H groups in total. The van der Waals surface area contributed by atoms with Crippen molar-refractivity contribution in [3.8, 4) is 41.2 Å². The summed E-state index contributed by atoms with van der Waals surface area (Å²) < 4.78 is 97.5. The van der Waals surface area contributed by atoms with Crippen molar-refractivity contribution in [2.45, 2.75) is 57.2 Å². The molecule has 15 heteroatoms. The second kappa shape index (κ2) is 13.3. The Bertz CT molecular complexity index is 2130. The van der Waals surface area contributed by atoms with Gasteiger partial charge in [-0.1, -0.05) is 12.0 Å². The number of benzene rings is 2. The van der Waals surface area contributed by atoms with Crippen LogP contribution >= 0.6 is 0 Å². The molecule has 1 aliphatic carbocycles. The summed E-state index contributed by atoms with van der Waals surface area (Å²) in [6.45, 7) is -0.716. The number of nitrogens with one attached hydrogen (secondary N) is 1. The normalized spacial score (nSPS) is 21.2. The van der Waals surface area contributed by atoms with E-state index in [-0.39, 0.29) is 74.5 Å². The van der Waals surface area contributed by atoms with Crippen molar-refractivity contribution in [1.29, 1.82) is 0 Å². The van der Waals surface area contributed by atoms with Crippen LogP contribution in [0.3, 0.4) is 0 Å². The largest absolute Gasteiger partial charge is 0.508 e. The van der Waals surface area contributed by atoms with Gasteiger partial charge >= 0.3 is 12.6 Å². The van der Waals surface area contributed by atoms with Crippen molar-refractivity contribution in [2.75, 3.05) is 44.2 Å². The number of terminal acetylenes is 1. The van der Waals surface area contributed by atoms with Gasteiger partial charge in [0.05, 0.1) is 12.2 Å². The van der Waals surface area contributed by atoms with Gasteiger partial charge in [-0.15, -0.1) is 6.42 Å². The number of hydrogen-bond donors (Lipinski definition) is 2. The molecule has 1 saturated carbocycles. The van der Waals surface area contributed by atoms with Crippen LogP contribution in [0.2, 0.25) is 0 Å². The van der Waals surface area contributed by atoms with Gasteiger partial charge in [-0.2, -0.15) is 27.5 Å². The van der Waals surface area contributed by atoms with E-state index >= 15 is 4.39 Å². The number of piperazine rings is 1. The third kappa shape index (κ3) is 6.43. The number of ether oxygens (including phenoxy) is 2. The number of aromatic nitrogens is 3. The summed E-state index contributed by atoms with van der Waals surface area (Å²) in [6.07, 6.45) is 8.05. The highest BCUT2D eigenvalue weighted by molar-refractivity contribution is 6.04. The molecule has 2 aromatic heterocycles. The molecule has 2 atom stereocenters. The van der Waals surface area contributed by atoms with Gasteiger partial charge in [-0.05, 0) is 67.7 Å². The fourth-order valence-electron chi connectivity index (χ4n) is 7.85. The first-order valence-corrected chi connectivity index (χ1v) is 17.2. The van der Waals surface area contributed by atoms with Gasteiger partial charge in [0, 0.05) is 61.2 Å². The molecule has 3 aliphatic heterocycles. The average molecular weight is 725 g/mol. The van der Waals surface area contributed by atoms with Crippen molar-refractivity contribution in [3.05, 3.63) is 53.1 Å². The Morgan fingerprint density at radius 1 is 1.04 bits per heavy atom. The lowest BCUT2D eigenvalue weighted by Gasteiger charge is -2.34. The molecule has 0 radical (unpaired) electrons. The number of nitrogens with zero attached hydrogens (tertiary/aromatic N) is 5. The Morgan fingerprint density at radius 2 is 1.77 bits per heavy atom. The lowest BCUT2D eigenvalue weighted by atomic mass is 9.95. The Balaban J connectivity index is 1.24. The van der Waals surface area contributed by atoms with E-state index in [0.717, 1.165) is 37.8 Å². The summed E-state index contributed by atoms with van der Waals surface area (Å²) in [5.41, 5.74) is -1.47. The molecular weight excluding hydrogens is 690 g/mol. The van der Waals surface area contributed by atoms with Crippen LogP contribution in [0.1, 0.15) is 44.1 Å². The van der Waals surface area contributed by atoms with Crippen LogP contribution in [0.4, 0.5) is 32.2 Å². The number of alkyl halides is 2. The molecule has 9 nitrogen and oxygen atoms in total. The van der Waals surface area contributed by atoms with Crippen LogP contribution in [0, 0.1) is 29.4 Å². The quantitative estimate of drug-likeness (QED) is 0.144. The first-order chi connectivity index (χ1) is 25.0. The van der Waals surface area contributed by atoms with Gasteiger partial charge in [0.25, 0.3) is 6.08 Å². The topological polar surface area (TPSA) is 95.9 Å². The zero-order valence-corrected chi connectivity index (χ0v) is 27.9. The van der Waals surface area contributed by atoms with E-state index in [2.05, 4.69) is 31.1 Å². The van der Waals surface area contributed by atoms with Crippen molar-refractivity contribution in [1.82, 2.24) is 25.2 Å². The SMILES string of the molecule is C#Cc1c(F)ccc2cc(O)cc(-c3nc(OC(F)F)c4c(N5CC6CCC(C5)N6)nc(OCC5(CN6CCC(=C(F)F)CC6)CC5)nc4c3F)c12. The van der Waals surface area contributed by atoms with Crippen molar-refractivity contribution < 1.29 is 40.9 Å². The maximum absolute atomic E-state index is 17.1. The Kier molecular flexibility index (Phi) is 8.77. The van der Waals surface area contributed by atoms with Gasteiger partial charge in [-0.25, -0.2) is 13.8 Å². The number of hydrogen-bond acceptors (Lipinski definition) is 9. The Morgan fingerprint density at radius 3 is 2.42 bits per heavy atom. The third-order valence-electron chi connectivity index (χ3n) is 10.6. The monoisotopic (exact) mass is 724 g/mol. The molecule has 272 valence electrons. The molecule has 3 saturated heterocycles. The van der Waals surface area contributed by atoms with Gasteiger partial charge < -0.3 is 29.7 Å². The molecule has 52 heavy (non-hydrogen) atoms. The highest BCUT2D eigenvalue weighted by atomic mass is 19.3. The summed E-state index contributed by atoms with van der Waals surface area (Å²) in [7, 11) is 0. The number of halogens is 6. The zero-order valence-electron chi connectivity index (χ0n) is 27.9. The minimum absolute atomic E-state index is 0.0312. The number of piperidine rings is 1. The second-order valence-corrected chi connectivity index (χ2v) is 14.1. The Hall–Kier alpha value is -4.81. The number of likely N-dealkylation sites (tertiary alicyclic amines) is 1. The van der Waals surface area contributed by atoms with E-state index in [1.54, 1.807) is 0 Å². The lowest BCUT2D eigenvalue weighted by Crippen LogP contribution is -2.51. The highest BCUT2D eigenvalue weighted by Crippen LogP contribution is 2.48. The molecule has 8 rings (SSSR count). The number of phenols is 1. The predicted molar refractivity (Wildman–Crippen MR) is 181 cm³/mol. The molecular formula is C37H34F6N6O3. The first kappa shape index (κ1) is 34.3. The van der Waals surface area contributed by atoms with Crippen LogP contribution in [-0.2, 0) is 0 Å².